The van der Waals surface area contributed by atoms with Crippen LogP contribution in [0.3, 0.4) is 0 Å². The third-order valence-electron chi connectivity index (χ3n) is 6.77. The van der Waals surface area contributed by atoms with E-state index in [1.54, 1.807) is 30.3 Å². The summed E-state index contributed by atoms with van der Waals surface area (Å²) in [5.41, 5.74) is 3.73. The molecule has 12 heteroatoms. The van der Waals surface area contributed by atoms with Gasteiger partial charge in [0.2, 0.25) is 11.8 Å². The minimum atomic E-state index is -0.608. The van der Waals surface area contributed by atoms with Gasteiger partial charge in [-0.2, -0.15) is 0 Å². The van der Waals surface area contributed by atoms with Crippen molar-refractivity contribution in [2.45, 2.75) is 23.1 Å². The minimum absolute atomic E-state index is 0.0560. The Bertz CT molecular complexity index is 1370. The number of cyclic esters (lactones) is 1. The van der Waals surface area contributed by atoms with Crippen LogP contribution in [0.25, 0.3) is 11.0 Å². The van der Waals surface area contributed by atoms with Crippen molar-refractivity contribution in [3.8, 4) is 5.88 Å². The fourth-order valence-corrected chi connectivity index (χ4v) is 5.70. The average molecular weight is 523 g/mol. The molecule has 0 bridgehead atoms. The van der Waals surface area contributed by atoms with Crippen LogP contribution in [0.4, 0.5) is 21.9 Å². The van der Waals surface area contributed by atoms with Crippen molar-refractivity contribution in [3.05, 3.63) is 42.6 Å². The quantitative estimate of drug-likeness (QED) is 0.441. The van der Waals surface area contributed by atoms with Gasteiger partial charge in [-0.05, 0) is 30.3 Å². The molecule has 6 rings (SSSR count). The van der Waals surface area contributed by atoms with E-state index in [4.69, 9.17) is 9.47 Å². The highest BCUT2D eigenvalue weighted by Crippen LogP contribution is 2.35. The summed E-state index contributed by atoms with van der Waals surface area (Å²) in [6.45, 7) is 1.77. The second kappa shape index (κ2) is 9.69. The number of aliphatic hydroxyl groups excluding tert-OH is 1. The summed E-state index contributed by atoms with van der Waals surface area (Å²) in [7, 11) is 1.57. The SMILES string of the molecule is COc1ccc2nccc(N3C[C@H](NC[C@@H]4CN(c5ccc6c(c5)NC(=O)CS6)C(=O)O4)[C@@H](O)C3)c2n1. The molecule has 11 nitrogen and oxygen atoms in total. The number of hydrogen-bond acceptors (Lipinski definition) is 10. The van der Waals surface area contributed by atoms with Crippen LogP contribution in [-0.2, 0) is 9.53 Å². The summed E-state index contributed by atoms with van der Waals surface area (Å²) in [5, 5.41) is 17.0. The van der Waals surface area contributed by atoms with Crippen LogP contribution in [0.15, 0.2) is 47.5 Å². The maximum Gasteiger partial charge on any atom is 0.414 e. The number of fused-ring (bicyclic) bond motifs is 2. The zero-order valence-electron chi connectivity index (χ0n) is 20.1. The van der Waals surface area contributed by atoms with Crippen LogP contribution in [0, 0.1) is 0 Å². The Hall–Kier alpha value is -3.61. The highest BCUT2D eigenvalue weighted by molar-refractivity contribution is 8.00. The number of carbonyl (C=O) groups excluding carboxylic acids is 2. The zero-order valence-corrected chi connectivity index (χ0v) is 20.9. The van der Waals surface area contributed by atoms with Gasteiger partial charge in [0.1, 0.15) is 11.6 Å². The van der Waals surface area contributed by atoms with Gasteiger partial charge in [-0.25, -0.2) is 9.78 Å². The predicted molar refractivity (Wildman–Crippen MR) is 140 cm³/mol. The molecular formula is C25H26N6O5S. The number of aromatic nitrogens is 2. The largest absolute Gasteiger partial charge is 0.481 e. The van der Waals surface area contributed by atoms with Gasteiger partial charge in [-0.1, -0.05) is 0 Å². The van der Waals surface area contributed by atoms with Gasteiger partial charge in [-0.3, -0.25) is 14.7 Å². The van der Waals surface area contributed by atoms with E-state index in [9.17, 15) is 14.7 Å². The first kappa shape index (κ1) is 23.8. The number of ether oxygens (including phenoxy) is 2. The van der Waals surface area contributed by atoms with Crippen molar-refractivity contribution in [1.29, 1.82) is 0 Å². The molecule has 0 radical (unpaired) electrons. The van der Waals surface area contributed by atoms with Crippen LogP contribution in [-0.4, -0.2) is 84.4 Å². The molecule has 3 atom stereocenters. The van der Waals surface area contributed by atoms with E-state index in [0.717, 1.165) is 21.6 Å². The summed E-state index contributed by atoms with van der Waals surface area (Å²) in [5.74, 6) is 0.835. The molecule has 2 amide bonds. The van der Waals surface area contributed by atoms with Crippen molar-refractivity contribution >= 4 is 51.9 Å². The highest BCUT2D eigenvalue weighted by atomic mass is 32.2. The van der Waals surface area contributed by atoms with Crippen molar-refractivity contribution in [1.82, 2.24) is 15.3 Å². The average Bonchev–Trinajstić information content (AvgIpc) is 3.47. The Morgan fingerprint density at radius 3 is 2.97 bits per heavy atom. The Labute approximate surface area is 217 Å². The molecule has 3 aliphatic heterocycles. The van der Waals surface area contributed by atoms with Gasteiger partial charge >= 0.3 is 6.09 Å². The molecular weight excluding hydrogens is 496 g/mol. The van der Waals surface area contributed by atoms with E-state index < -0.39 is 12.2 Å². The van der Waals surface area contributed by atoms with Crippen LogP contribution in [0.5, 0.6) is 5.88 Å². The first-order chi connectivity index (χ1) is 18.0. The first-order valence-electron chi connectivity index (χ1n) is 12.0. The van der Waals surface area contributed by atoms with E-state index in [1.165, 1.54) is 11.8 Å². The van der Waals surface area contributed by atoms with E-state index >= 15 is 0 Å². The Balaban J connectivity index is 1.10. The number of amides is 2. The molecule has 0 aliphatic carbocycles. The molecule has 2 saturated heterocycles. The smallest absolute Gasteiger partial charge is 0.414 e. The third kappa shape index (κ3) is 4.63. The second-order valence-corrected chi connectivity index (χ2v) is 10.2. The number of hydrogen-bond donors (Lipinski definition) is 3. The molecule has 2 aromatic heterocycles. The summed E-state index contributed by atoms with van der Waals surface area (Å²) < 4.78 is 10.9. The van der Waals surface area contributed by atoms with E-state index in [1.807, 2.05) is 24.3 Å². The third-order valence-corrected chi connectivity index (χ3v) is 7.84. The molecule has 5 heterocycles. The minimum Gasteiger partial charge on any atom is -0.481 e. The van der Waals surface area contributed by atoms with Crippen LogP contribution >= 0.6 is 11.8 Å². The van der Waals surface area contributed by atoms with Gasteiger partial charge in [-0.15, -0.1) is 11.8 Å². The molecule has 0 spiro atoms. The lowest BCUT2D eigenvalue weighted by Crippen LogP contribution is -2.43. The molecule has 0 unspecified atom stereocenters. The van der Waals surface area contributed by atoms with Crippen molar-refractivity contribution in [3.63, 3.8) is 0 Å². The summed E-state index contributed by atoms with van der Waals surface area (Å²) in [6.07, 6.45) is 0.319. The Morgan fingerprint density at radius 2 is 2.11 bits per heavy atom. The number of rotatable bonds is 6. The Kier molecular flexibility index (Phi) is 6.22. The molecule has 2 fully saturated rings. The standard InChI is InChI=1S/C25H26N6O5S/c1-35-23-5-3-16-24(29-23)19(6-7-26-16)30-11-18(20(32)12-30)27-9-15-10-31(25(34)36-15)14-2-4-21-17(8-14)28-22(33)13-37-21/h2-8,15,18,20,27,32H,9-13H2,1H3,(H,28,33)/t15-,18+,20+/m1/s1. The van der Waals surface area contributed by atoms with Gasteiger partial charge in [0.05, 0.1) is 48.4 Å². The van der Waals surface area contributed by atoms with Crippen LogP contribution in [0.2, 0.25) is 0 Å². The number of nitrogens with zero attached hydrogens (tertiary/aromatic N) is 4. The fourth-order valence-electron chi connectivity index (χ4n) is 4.91. The summed E-state index contributed by atoms with van der Waals surface area (Å²) >= 11 is 1.47. The molecule has 192 valence electrons. The van der Waals surface area contributed by atoms with Gasteiger partial charge in [0.15, 0.2) is 0 Å². The number of anilines is 3. The summed E-state index contributed by atoms with van der Waals surface area (Å²) in [4.78, 5) is 37.9. The fraction of sp³-hybridized carbons (Fsp3) is 0.360. The molecule has 3 aliphatic rings. The maximum absolute atomic E-state index is 12.6. The topological polar surface area (TPSA) is 129 Å². The first-order valence-corrected chi connectivity index (χ1v) is 13.0. The number of aliphatic hydroxyl groups is 1. The number of methoxy groups -OCH3 is 1. The predicted octanol–water partition coefficient (Wildman–Crippen LogP) is 1.85. The Morgan fingerprint density at radius 1 is 1.22 bits per heavy atom. The van der Waals surface area contributed by atoms with Crippen molar-refractivity contribution < 1.29 is 24.2 Å². The molecule has 37 heavy (non-hydrogen) atoms. The van der Waals surface area contributed by atoms with E-state index in [-0.39, 0.29) is 18.1 Å². The number of thioether (sulfide) groups is 1. The number of carbonyl (C=O) groups is 2. The molecule has 0 saturated carbocycles. The zero-order chi connectivity index (χ0) is 25.5. The van der Waals surface area contributed by atoms with Crippen molar-refractivity contribution in [2.75, 3.05) is 54.2 Å². The molecule has 1 aromatic carbocycles. The highest BCUT2D eigenvalue weighted by Gasteiger charge is 2.36. The molecule has 3 aromatic rings. The van der Waals surface area contributed by atoms with E-state index in [0.29, 0.717) is 49.2 Å². The lowest BCUT2D eigenvalue weighted by atomic mass is 10.2. The number of benzene rings is 1. The van der Waals surface area contributed by atoms with Crippen LogP contribution < -0.4 is 25.2 Å². The lowest BCUT2D eigenvalue weighted by molar-refractivity contribution is -0.113. The number of nitrogens with one attached hydrogen (secondary N) is 2. The van der Waals surface area contributed by atoms with E-state index in [2.05, 4.69) is 25.5 Å². The van der Waals surface area contributed by atoms with Gasteiger partial charge in [0, 0.05) is 42.5 Å². The van der Waals surface area contributed by atoms with Crippen molar-refractivity contribution in [2.24, 2.45) is 0 Å². The molecule has 3 N–H and O–H groups in total. The van der Waals surface area contributed by atoms with Gasteiger partial charge in [0.25, 0.3) is 0 Å². The van der Waals surface area contributed by atoms with Crippen LogP contribution in [0.1, 0.15) is 0 Å². The lowest BCUT2D eigenvalue weighted by Gasteiger charge is -2.21. The maximum atomic E-state index is 12.6. The summed E-state index contributed by atoms with van der Waals surface area (Å²) in [6, 6.07) is 10.9. The normalized spacial score (nSPS) is 23.2. The number of β-amino-alcohol motifs (C(OH)–C–C–N with tert-alkyl or cyclic N) is 1. The monoisotopic (exact) mass is 522 g/mol. The second-order valence-electron chi connectivity index (χ2n) is 9.17. The van der Waals surface area contributed by atoms with Gasteiger partial charge < -0.3 is 30.1 Å². The number of pyridine rings is 2.